The van der Waals surface area contributed by atoms with Crippen LogP contribution in [0.2, 0.25) is 0 Å². The third-order valence-electron chi connectivity index (χ3n) is 4.40. The van der Waals surface area contributed by atoms with Crippen LogP contribution in [-0.2, 0) is 19.6 Å². The predicted octanol–water partition coefficient (Wildman–Crippen LogP) is 4.60. The van der Waals surface area contributed by atoms with Gasteiger partial charge in [0.2, 0.25) is 0 Å². The van der Waals surface area contributed by atoms with Gasteiger partial charge in [-0.2, -0.15) is 5.10 Å². The highest BCUT2D eigenvalue weighted by Gasteiger charge is 2.17. The molecule has 0 aliphatic rings. The second-order valence-corrected chi connectivity index (χ2v) is 5.92. The number of aromatic nitrogens is 3. The Bertz CT molecular complexity index is 897. The Hall–Kier alpha value is -2.69. The fourth-order valence-electron chi connectivity index (χ4n) is 3.08. The summed E-state index contributed by atoms with van der Waals surface area (Å²) < 4.78 is 21.2. The van der Waals surface area contributed by atoms with E-state index in [9.17, 15) is 4.39 Å². The molecular weight excluding hydrogens is 317 g/mol. The van der Waals surface area contributed by atoms with Crippen molar-refractivity contribution in [2.24, 2.45) is 0 Å². The van der Waals surface area contributed by atoms with Crippen molar-refractivity contribution >= 4 is 10.9 Å². The van der Waals surface area contributed by atoms with E-state index < -0.39 is 0 Å². The van der Waals surface area contributed by atoms with E-state index in [4.69, 9.17) is 4.74 Å². The summed E-state index contributed by atoms with van der Waals surface area (Å²) in [7, 11) is 0. The van der Waals surface area contributed by atoms with Crippen LogP contribution < -0.4 is 4.74 Å². The fraction of sp³-hybridized carbons (Fsp3) is 0.300. The molecule has 0 saturated heterocycles. The second kappa shape index (κ2) is 7.47. The van der Waals surface area contributed by atoms with Crippen molar-refractivity contribution in [3.05, 3.63) is 65.3 Å². The maximum atomic E-state index is 13.0. The van der Waals surface area contributed by atoms with E-state index in [0.29, 0.717) is 12.5 Å². The number of rotatable bonds is 6. The lowest BCUT2D eigenvalue weighted by atomic mass is 10.1. The highest BCUT2D eigenvalue weighted by molar-refractivity contribution is 5.88. The third-order valence-corrected chi connectivity index (χ3v) is 4.40. The predicted molar refractivity (Wildman–Crippen MR) is 97.2 cm³/mol. The zero-order valence-electron chi connectivity index (χ0n) is 14.8. The van der Waals surface area contributed by atoms with Gasteiger partial charge in [-0.25, -0.2) is 4.39 Å². The van der Waals surface area contributed by atoms with Gasteiger partial charge < -0.3 is 9.30 Å². The molecule has 0 saturated carbocycles. The minimum atomic E-state index is -0.255. The maximum Gasteiger partial charge on any atom is 0.258 e. The number of hydrogen-bond donors (Lipinski definition) is 0. The molecule has 0 fully saturated rings. The Balaban J connectivity index is 2.00. The summed E-state index contributed by atoms with van der Waals surface area (Å²) in [6.07, 6.45) is 6.87. The first-order valence-corrected chi connectivity index (χ1v) is 8.47. The van der Waals surface area contributed by atoms with Gasteiger partial charge in [-0.3, -0.25) is 0 Å². The van der Waals surface area contributed by atoms with Crippen LogP contribution in [0.25, 0.3) is 10.9 Å². The van der Waals surface area contributed by atoms with E-state index in [1.165, 1.54) is 23.4 Å². The number of hydrogen-bond acceptors (Lipinski definition) is 3. The summed E-state index contributed by atoms with van der Waals surface area (Å²) in [6.45, 7) is 7.35. The van der Waals surface area contributed by atoms with Crippen molar-refractivity contribution in [2.75, 3.05) is 0 Å². The first-order chi connectivity index (χ1) is 12.2. The van der Waals surface area contributed by atoms with Gasteiger partial charge in [-0.05, 0) is 43.5 Å². The highest BCUT2D eigenvalue weighted by Crippen LogP contribution is 2.31. The Morgan fingerprint density at radius 1 is 1.24 bits per heavy atom. The van der Waals surface area contributed by atoms with Crippen LogP contribution >= 0.6 is 0 Å². The lowest BCUT2D eigenvalue weighted by molar-refractivity contribution is 0.293. The molecule has 3 rings (SSSR count). The average Bonchev–Trinajstić information content (AvgIpc) is 2.90. The van der Waals surface area contributed by atoms with Crippen molar-refractivity contribution in [1.82, 2.24) is 14.8 Å². The maximum absolute atomic E-state index is 13.0. The molecule has 0 bridgehead atoms. The molecule has 0 aliphatic heterocycles. The number of fused-ring (bicyclic) bond motifs is 1. The van der Waals surface area contributed by atoms with Crippen LogP contribution in [0, 0.1) is 12.7 Å². The van der Waals surface area contributed by atoms with E-state index in [1.807, 2.05) is 13.0 Å². The molecule has 25 heavy (non-hydrogen) atoms. The monoisotopic (exact) mass is 339 g/mol. The molecule has 5 heteroatoms. The van der Waals surface area contributed by atoms with Crippen molar-refractivity contribution < 1.29 is 9.13 Å². The van der Waals surface area contributed by atoms with Crippen molar-refractivity contribution in [3.8, 4) is 5.88 Å². The summed E-state index contributed by atoms with van der Waals surface area (Å²) >= 11 is 0. The minimum absolute atomic E-state index is 0.255. The summed E-state index contributed by atoms with van der Waals surface area (Å²) in [5, 5.41) is 9.40. The molecule has 0 amide bonds. The highest BCUT2D eigenvalue weighted by atomic mass is 19.1. The quantitative estimate of drug-likeness (QED) is 0.616. The fourth-order valence-corrected chi connectivity index (χ4v) is 3.08. The summed E-state index contributed by atoms with van der Waals surface area (Å²) in [5.74, 6) is 0.253. The van der Waals surface area contributed by atoms with Gasteiger partial charge >= 0.3 is 0 Å². The molecule has 2 heterocycles. The first kappa shape index (κ1) is 17.1. The van der Waals surface area contributed by atoms with E-state index in [2.05, 4.69) is 34.7 Å². The largest absolute Gasteiger partial charge is 0.470 e. The van der Waals surface area contributed by atoms with Gasteiger partial charge in [-0.15, -0.1) is 5.10 Å². The minimum Gasteiger partial charge on any atom is -0.470 e. The average molecular weight is 339 g/mol. The van der Waals surface area contributed by atoms with Crippen LogP contribution in [0.15, 0.2) is 42.6 Å². The van der Waals surface area contributed by atoms with E-state index in [-0.39, 0.29) is 5.82 Å². The van der Waals surface area contributed by atoms with Crippen LogP contribution in [0.1, 0.15) is 30.7 Å². The summed E-state index contributed by atoms with van der Waals surface area (Å²) in [5.41, 5.74) is 4.32. The van der Waals surface area contributed by atoms with Gasteiger partial charge in [0, 0.05) is 17.6 Å². The molecule has 4 nitrogen and oxygen atoms in total. The third kappa shape index (κ3) is 3.40. The topological polar surface area (TPSA) is 39.9 Å². The lowest BCUT2D eigenvalue weighted by Crippen LogP contribution is -2.03. The van der Waals surface area contributed by atoms with Gasteiger partial charge in [-0.1, -0.05) is 31.2 Å². The van der Waals surface area contributed by atoms with Gasteiger partial charge in [0.1, 0.15) is 17.9 Å². The van der Waals surface area contributed by atoms with Crippen LogP contribution in [0.3, 0.4) is 0 Å². The lowest BCUT2D eigenvalue weighted by Gasteiger charge is -2.10. The van der Waals surface area contributed by atoms with E-state index in [0.717, 1.165) is 29.4 Å². The molecule has 130 valence electrons. The van der Waals surface area contributed by atoms with Gasteiger partial charge in [0.25, 0.3) is 5.88 Å². The number of nitrogens with zero attached hydrogens (tertiary/aromatic N) is 3. The molecular formula is C20H22FN3O. The molecule has 1 aromatic carbocycles. The number of allylic oxidation sites excluding steroid dienone is 2. The SMILES string of the molecule is CC=CCn1c(C)c(CC)c2cnnc(OCc3ccc(F)cc3)c21. The van der Waals surface area contributed by atoms with E-state index in [1.54, 1.807) is 18.3 Å². The van der Waals surface area contributed by atoms with Crippen LogP contribution in [0.4, 0.5) is 4.39 Å². The molecule has 0 N–H and O–H groups in total. The number of aryl methyl sites for hydroxylation is 1. The summed E-state index contributed by atoms with van der Waals surface area (Å²) in [6, 6.07) is 6.28. The number of ether oxygens (including phenoxy) is 1. The Labute approximate surface area is 147 Å². The number of halogens is 1. The number of benzene rings is 1. The molecule has 2 aromatic heterocycles. The molecule has 3 aromatic rings. The Morgan fingerprint density at radius 3 is 2.68 bits per heavy atom. The van der Waals surface area contributed by atoms with Crippen LogP contribution in [-0.4, -0.2) is 14.8 Å². The van der Waals surface area contributed by atoms with Crippen LogP contribution in [0.5, 0.6) is 5.88 Å². The molecule has 0 unspecified atom stereocenters. The standard InChI is InChI=1S/C20H22FN3O/c1-4-6-11-24-14(3)17(5-2)18-12-22-23-20(19(18)24)25-13-15-7-9-16(21)10-8-15/h4,6-10,12H,5,11,13H2,1-3H3. The zero-order valence-corrected chi connectivity index (χ0v) is 14.8. The molecule has 0 aliphatic carbocycles. The second-order valence-electron chi connectivity index (χ2n) is 5.92. The normalized spacial score (nSPS) is 11.5. The smallest absolute Gasteiger partial charge is 0.258 e. The first-order valence-electron chi connectivity index (χ1n) is 8.47. The molecule has 0 spiro atoms. The Kier molecular flexibility index (Phi) is 5.12. The molecule has 0 radical (unpaired) electrons. The van der Waals surface area contributed by atoms with Crippen molar-refractivity contribution in [2.45, 2.75) is 40.3 Å². The van der Waals surface area contributed by atoms with Crippen molar-refractivity contribution in [1.29, 1.82) is 0 Å². The summed E-state index contributed by atoms with van der Waals surface area (Å²) in [4.78, 5) is 0. The van der Waals surface area contributed by atoms with E-state index >= 15 is 0 Å². The van der Waals surface area contributed by atoms with Gasteiger partial charge in [0.05, 0.1) is 6.20 Å². The molecule has 0 atom stereocenters. The van der Waals surface area contributed by atoms with Gasteiger partial charge in [0.15, 0.2) is 0 Å². The van der Waals surface area contributed by atoms with Crippen molar-refractivity contribution in [3.63, 3.8) is 0 Å². The Morgan fingerprint density at radius 2 is 2.00 bits per heavy atom. The zero-order chi connectivity index (χ0) is 17.8.